The van der Waals surface area contributed by atoms with Crippen molar-refractivity contribution in [2.24, 2.45) is 5.92 Å². The molecule has 1 fully saturated rings. The molecule has 162 valence electrons. The molecule has 6 heteroatoms. The molecule has 30 heavy (non-hydrogen) atoms. The highest BCUT2D eigenvalue weighted by Crippen LogP contribution is 2.43. The zero-order valence-corrected chi connectivity index (χ0v) is 17.9. The van der Waals surface area contributed by atoms with E-state index in [1.54, 1.807) is 11.0 Å². The van der Waals surface area contributed by atoms with Crippen LogP contribution in [-0.4, -0.2) is 28.9 Å². The van der Waals surface area contributed by atoms with Crippen molar-refractivity contribution in [3.8, 4) is 6.07 Å². The largest absolute Gasteiger partial charge is 0.417 e. The van der Waals surface area contributed by atoms with Gasteiger partial charge in [-0.3, -0.25) is 0 Å². The van der Waals surface area contributed by atoms with E-state index in [0.717, 1.165) is 30.9 Å². The quantitative estimate of drug-likeness (QED) is 0.545. The molecular weight excluding hydrogens is 389 g/mol. The van der Waals surface area contributed by atoms with Crippen LogP contribution < -0.4 is 0 Å². The highest BCUT2D eigenvalue weighted by molar-refractivity contribution is 5.36. The third-order valence-corrected chi connectivity index (χ3v) is 5.60. The molecule has 3 atom stereocenters. The molecule has 1 saturated carbocycles. The molecule has 3 rings (SSSR count). The van der Waals surface area contributed by atoms with E-state index < -0.39 is 23.6 Å². The van der Waals surface area contributed by atoms with E-state index in [-0.39, 0.29) is 12.0 Å². The zero-order chi connectivity index (χ0) is 22.1. The smallest absolute Gasteiger partial charge is 0.349 e. The van der Waals surface area contributed by atoms with Crippen molar-refractivity contribution >= 4 is 0 Å². The average molecular weight is 419 g/mol. The van der Waals surface area contributed by atoms with E-state index in [4.69, 9.17) is 4.74 Å². The molecule has 1 aliphatic heterocycles. The molecule has 1 aromatic rings. The first-order valence-electron chi connectivity index (χ1n) is 10.4. The summed E-state index contributed by atoms with van der Waals surface area (Å²) in [6, 6.07) is 9.35. The molecule has 0 saturated heterocycles. The number of halogens is 3. The Morgan fingerprint density at radius 2 is 1.93 bits per heavy atom. The molecule has 0 amide bonds. The lowest BCUT2D eigenvalue weighted by Crippen LogP contribution is -2.46. The van der Waals surface area contributed by atoms with Gasteiger partial charge in [0.1, 0.15) is 6.23 Å². The van der Waals surface area contributed by atoms with Crippen molar-refractivity contribution in [1.82, 2.24) is 4.90 Å². The Bertz CT molecular complexity index is 856. The van der Waals surface area contributed by atoms with Crippen molar-refractivity contribution in [1.29, 1.82) is 5.26 Å². The number of ether oxygens (including phenoxy) is 1. The summed E-state index contributed by atoms with van der Waals surface area (Å²) in [6.07, 6.45) is 1.94. The monoisotopic (exact) mass is 418 g/mol. The highest BCUT2D eigenvalue weighted by atomic mass is 19.4. The summed E-state index contributed by atoms with van der Waals surface area (Å²) in [5, 5.41) is 9.30. The Morgan fingerprint density at radius 1 is 1.23 bits per heavy atom. The second kappa shape index (κ2) is 8.47. The summed E-state index contributed by atoms with van der Waals surface area (Å²) in [4.78, 5) is 1.69. The van der Waals surface area contributed by atoms with Crippen molar-refractivity contribution < 1.29 is 17.9 Å². The van der Waals surface area contributed by atoms with E-state index in [1.165, 1.54) is 12.3 Å². The van der Waals surface area contributed by atoms with E-state index in [2.05, 4.69) is 6.07 Å². The van der Waals surface area contributed by atoms with Gasteiger partial charge in [0.2, 0.25) is 0 Å². The molecule has 1 aliphatic carbocycles. The zero-order valence-electron chi connectivity index (χ0n) is 17.9. The van der Waals surface area contributed by atoms with Crippen molar-refractivity contribution in [3.63, 3.8) is 0 Å². The van der Waals surface area contributed by atoms with E-state index in [9.17, 15) is 18.4 Å². The maximum Gasteiger partial charge on any atom is 0.417 e. The number of rotatable bonds is 6. The van der Waals surface area contributed by atoms with Crippen LogP contribution in [0.25, 0.3) is 0 Å². The SMILES string of the molecule is CC(C(CC1CC1)c1cccc(C#N)c1)N1C=C(C(F)(F)F)C=CC1OC(C)(C)C. The molecule has 0 radical (unpaired) electrons. The Morgan fingerprint density at radius 3 is 2.50 bits per heavy atom. The first-order valence-corrected chi connectivity index (χ1v) is 10.4. The second-order valence-electron chi connectivity index (χ2n) is 9.27. The lowest BCUT2D eigenvalue weighted by molar-refractivity contribution is -0.115. The number of allylic oxidation sites excluding steroid dienone is 2. The number of alkyl halides is 3. The van der Waals surface area contributed by atoms with Gasteiger partial charge in [-0.05, 0) is 69.9 Å². The highest BCUT2D eigenvalue weighted by Gasteiger charge is 2.39. The van der Waals surface area contributed by atoms with Gasteiger partial charge in [0.15, 0.2) is 0 Å². The van der Waals surface area contributed by atoms with Crippen molar-refractivity contribution in [2.75, 3.05) is 0 Å². The first kappa shape index (κ1) is 22.4. The molecule has 2 aliphatic rings. The topological polar surface area (TPSA) is 36.3 Å². The fourth-order valence-electron chi connectivity index (χ4n) is 3.91. The summed E-state index contributed by atoms with van der Waals surface area (Å²) < 4.78 is 46.5. The summed E-state index contributed by atoms with van der Waals surface area (Å²) in [7, 11) is 0. The fourth-order valence-corrected chi connectivity index (χ4v) is 3.91. The van der Waals surface area contributed by atoms with Crippen LogP contribution in [0.15, 0.2) is 48.2 Å². The van der Waals surface area contributed by atoms with Crippen LogP contribution in [0.2, 0.25) is 0 Å². The van der Waals surface area contributed by atoms with Gasteiger partial charge < -0.3 is 9.64 Å². The minimum atomic E-state index is -4.42. The molecule has 3 nitrogen and oxygen atoms in total. The van der Waals surface area contributed by atoms with E-state index in [1.807, 2.05) is 45.9 Å². The van der Waals surface area contributed by atoms with Crippen molar-refractivity contribution in [3.05, 3.63) is 59.3 Å². The van der Waals surface area contributed by atoms with Gasteiger partial charge in [0, 0.05) is 18.2 Å². The van der Waals surface area contributed by atoms with Crippen molar-refractivity contribution in [2.45, 2.75) is 76.9 Å². The van der Waals surface area contributed by atoms with Gasteiger partial charge in [-0.2, -0.15) is 18.4 Å². The predicted molar refractivity (Wildman–Crippen MR) is 110 cm³/mol. The number of hydrogen-bond donors (Lipinski definition) is 0. The molecular formula is C24H29F3N2O. The van der Waals surface area contributed by atoms with Gasteiger partial charge in [-0.15, -0.1) is 0 Å². The van der Waals surface area contributed by atoms with Crippen LogP contribution in [-0.2, 0) is 4.74 Å². The van der Waals surface area contributed by atoms with E-state index in [0.29, 0.717) is 11.5 Å². The van der Waals surface area contributed by atoms with Crippen LogP contribution in [0.1, 0.15) is 64.0 Å². The molecule has 0 spiro atoms. The van der Waals surface area contributed by atoms with Crippen LogP contribution in [0.5, 0.6) is 0 Å². The fraction of sp³-hybridized carbons (Fsp3) is 0.542. The summed E-state index contributed by atoms with van der Waals surface area (Å²) >= 11 is 0. The second-order valence-corrected chi connectivity index (χ2v) is 9.27. The summed E-state index contributed by atoms with van der Waals surface area (Å²) in [5.74, 6) is 0.575. The first-order chi connectivity index (χ1) is 14.0. The summed E-state index contributed by atoms with van der Waals surface area (Å²) in [5.41, 5.74) is 0.357. The van der Waals surface area contributed by atoms with Crippen LogP contribution in [0.3, 0.4) is 0 Å². The molecule has 0 bridgehead atoms. The van der Waals surface area contributed by atoms with Gasteiger partial charge in [-0.1, -0.05) is 25.0 Å². The number of nitriles is 1. The normalized spacial score (nSPS) is 21.7. The number of hydrogen-bond acceptors (Lipinski definition) is 3. The van der Waals surface area contributed by atoms with Crippen LogP contribution >= 0.6 is 0 Å². The molecule has 1 heterocycles. The molecule has 3 unspecified atom stereocenters. The lowest BCUT2D eigenvalue weighted by Gasteiger charge is -2.43. The standard InChI is InChI=1S/C24H29F3N2O/c1-16(21(13-17-8-9-17)19-7-5-6-18(12-19)14-28)29-15-20(24(25,26)27)10-11-22(29)30-23(2,3)4/h5-7,10-12,15-17,21-22H,8-9,13H2,1-4H3. The number of benzene rings is 1. The summed E-state index contributed by atoms with van der Waals surface area (Å²) in [6.45, 7) is 7.63. The minimum absolute atomic E-state index is 0.00546. The molecule has 1 aromatic carbocycles. The van der Waals surface area contributed by atoms with Crippen LogP contribution in [0.4, 0.5) is 13.2 Å². The van der Waals surface area contributed by atoms with Gasteiger partial charge in [0.05, 0.1) is 22.8 Å². The third-order valence-electron chi connectivity index (χ3n) is 5.60. The maximum atomic E-state index is 13.5. The number of nitrogens with zero attached hydrogens (tertiary/aromatic N) is 2. The lowest BCUT2D eigenvalue weighted by atomic mass is 9.85. The minimum Gasteiger partial charge on any atom is -0.349 e. The molecule has 0 N–H and O–H groups in total. The van der Waals surface area contributed by atoms with Gasteiger partial charge >= 0.3 is 6.18 Å². The van der Waals surface area contributed by atoms with Crippen LogP contribution in [0, 0.1) is 17.2 Å². The maximum absolute atomic E-state index is 13.5. The van der Waals surface area contributed by atoms with Gasteiger partial charge in [-0.25, -0.2) is 0 Å². The Balaban J connectivity index is 1.97. The Hall–Kier alpha value is -2.26. The third kappa shape index (κ3) is 5.66. The van der Waals surface area contributed by atoms with Gasteiger partial charge in [0.25, 0.3) is 0 Å². The Kier molecular flexibility index (Phi) is 6.33. The Labute approximate surface area is 176 Å². The average Bonchev–Trinajstić information content (AvgIpc) is 3.48. The van der Waals surface area contributed by atoms with E-state index >= 15 is 0 Å². The molecule has 0 aromatic heterocycles. The predicted octanol–water partition coefficient (Wildman–Crippen LogP) is 6.29.